The minimum absolute atomic E-state index is 0.970. The van der Waals surface area contributed by atoms with Gasteiger partial charge in [-0.15, -0.1) is 0 Å². The SMILES string of the molecule is C1=CC(N2CCc3nc4ccc(-c5ccc6nccn6c5)cc4n3CC2)=C1. The highest BCUT2D eigenvalue weighted by molar-refractivity contribution is 5.83. The van der Waals surface area contributed by atoms with Gasteiger partial charge < -0.3 is 13.9 Å². The van der Waals surface area contributed by atoms with E-state index in [9.17, 15) is 0 Å². The highest BCUT2D eigenvalue weighted by Crippen LogP contribution is 2.27. The molecule has 0 amide bonds. The van der Waals surface area contributed by atoms with Gasteiger partial charge in [0.1, 0.15) is 11.5 Å². The van der Waals surface area contributed by atoms with Crippen LogP contribution in [0.5, 0.6) is 0 Å². The molecule has 5 heteroatoms. The second kappa shape index (κ2) is 5.58. The number of imidazole rings is 2. The molecule has 27 heavy (non-hydrogen) atoms. The van der Waals surface area contributed by atoms with E-state index in [-0.39, 0.29) is 0 Å². The fourth-order valence-electron chi connectivity index (χ4n) is 4.10. The summed E-state index contributed by atoms with van der Waals surface area (Å²) in [5.74, 6) is 1.19. The van der Waals surface area contributed by atoms with E-state index in [1.165, 1.54) is 28.2 Å². The summed E-state index contributed by atoms with van der Waals surface area (Å²) in [5.41, 5.74) is 7.04. The first kappa shape index (κ1) is 14.8. The maximum Gasteiger partial charge on any atom is 0.136 e. The smallest absolute Gasteiger partial charge is 0.136 e. The standard InChI is InChI=1S/C22H19N5/c1-2-18(3-1)25-10-8-22-24-19-6-4-16(14-20(19)27(22)13-12-25)17-5-7-21-23-9-11-26(21)15-17/h1-7,9,11,14-15H,8,10,12-13H2. The second-order valence-electron chi connectivity index (χ2n) is 7.18. The molecule has 0 radical (unpaired) electrons. The maximum atomic E-state index is 4.91. The summed E-state index contributed by atoms with van der Waals surface area (Å²) < 4.78 is 4.46. The number of benzene rings is 1. The first-order valence-electron chi connectivity index (χ1n) is 9.41. The molecule has 132 valence electrons. The van der Waals surface area contributed by atoms with Crippen LogP contribution in [0.3, 0.4) is 0 Å². The normalized spacial score (nSPS) is 16.3. The Bertz CT molecular complexity index is 1240. The Morgan fingerprint density at radius 1 is 0.963 bits per heavy atom. The van der Waals surface area contributed by atoms with Crippen LogP contribution in [-0.2, 0) is 13.0 Å². The summed E-state index contributed by atoms with van der Waals surface area (Å²) in [4.78, 5) is 11.7. The summed E-state index contributed by atoms with van der Waals surface area (Å²) in [6.45, 7) is 3.03. The van der Waals surface area contributed by atoms with Gasteiger partial charge in [-0.1, -0.05) is 12.1 Å². The molecule has 4 heterocycles. The molecule has 3 aromatic heterocycles. The van der Waals surface area contributed by atoms with Crippen molar-refractivity contribution in [1.82, 2.24) is 23.8 Å². The molecule has 0 saturated carbocycles. The van der Waals surface area contributed by atoms with Gasteiger partial charge in [0.25, 0.3) is 0 Å². The number of hydrogen-bond donors (Lipinski definition) is 0. The lowest BCUT2D eigenvalue weighted by atomic mass is 10.1. The molecule has 1 aliphatic carbocycles. The molecule has 5 nitrogen and oxygen atoms in total. The van der Waals surface area contributed by atoms with Crippen molar-refractivity contribution in [2.24, 2.45) is 0 Å². The number of aromatic nitrogens is 4. The Balaban J connectivity index is 1.40. The van der Waals surface area contributed by atoms with Gasteiger partial charge in [-0.2, -0.15) is 0 Å². The lowest BCUT2D eigenvalue weighted by molar-refractivity contribution is 0.359. The number of nitrogens with zero attached hydrogens (tertiary/aromatic N) is 5. The van der Waals surface area contributed by atoms with Crippen LogP contribution in [0.4, 0.5) is 0 Å². The van der Waals surface area contributed by atoms with E-state index in [1.807, 2.05) is 12.4 Å². The van der Waals surface area contributed by atoms with Gasteiger partial charge >= 0.3 is 0 Å². The largest absolute Gasteiger partial charge is 0.369 e. The fourth-order valence-corrected chi connectivity index (χ4v) is 4.10. The maximum absolute atomic E-state index is 4.91. The van der Waals surface area contributed by atoms with Crippen LogP contribution < -0.4 is 0 Å². The van der Waals surface area contributed by atoms with Crippen molar-refractivity contribution in [3.8, 4) is 11.1 Å². The quantitative estimate of drug-likeness (QED) is 0.552. The Morgan fingerprint density at radius 2 is 1.89 bits per heavy atom. The Kier molecular flexibility index (Phi) is 3.06. The third-order valence-corrected chi connectivity index (χ3v) is 5.65. The van der Waals surface area contributed by atoms with Crippen molar-refractivity contribution in [2.45, 2.75) is 13.0 Å². The van der Waals surface area contributed by atoms with Crippen LogP contribution in [0.2, 0.25) is 0 Å². The van der Waals surface area contributed by atoms with Crippen molar-refractivity contribution in [2.75, 3.05) is 13.1 Å². The molecule has 2 aliphatic rings. The molecule has 0 fully saturated rings. The van der Waals surface area contributed by atoms with Crippen molar-refractivity contribution in [3.05, 3.63) is 78.7 Å². The van der Waals surface area contributed by atoms with Crippen LogP contribution in [0.1, 0.15) is 5.82 Å². The minimum atomic E-state index is 0.970. The zero-order chi connectivity index (χ0) is 17.8. The molecule has 1 aromatic carbocycles. The second-order valence-corrected chi connectivity index (χ2v) is 7.18. The predicted octanol–water partition coefficient (Wildman–Crippen LogP) is 3.66. The van der Waals surface area contributed by atoms with Gasteiger partial charge in [-0.25, -0.2) is 9.97 Å². The predicted molar refractivity (Wildman–Crippen MR) is 106 cm³/mol. The van der Waals surface area contributed by atoms with Crippen LogP contribution in [-0.4, -0.2) is 36.9 Å². The molecule has 0 spiro atoms. The van der Waals surface area contributed by atoms with E-state index in [4.69, 9.17) is 4.98 Å². The van der Waals surface area contributed by atoms with E-state index in [2.05, 4.69) is 73.6 Å². The fraction of sp³-hybridized carbons (Fsp3) is 0.182. The van der Waals surface area contributed by atoms with E-state index in [0.29, 0.717) is 0 Å². The van der Waals surface area contributed by atoms with Crippen molar-refractivity contribution < 1.29 is 0 Å². The first-order valence-corrected chi connectivity index (χ1v) is 9.41. The van der Waals surface area contributed by atoms with Gasteiger partial charge in [-0.3, -0.25) is 0 Å². The van der Waals surface area contributed by atoms with Gasteiger partial charge in [-0.05, 0) is 47.5 Å². The molecular formula is C22H19N5. The summed E-state index contributed by atoms with van der Waals surface area (Å²) in [5, 5.41) is 0. The molecule has 0 atom stereocenters. The Labute approximate surface area is 156 Å². The molecule has 1 aliphatic heterocycles. The molecular weight excluding hydrogens is 334 g/mol. The Morgan fingerprint density at radius 3 is 2.78 bits per heavy atom. The van der Waals surface area contributed by atoms with E-state index >= 15 is 0 Å². The van der Waals surface area contributed by atoms with Gasteiger partial charge in [0.2, 0.25) is 0 Å². The minimum Gasteiger partial charge on any atom is -0.369 e. The van der Waals surface area contributed by atoms with Crippen LogP contribution in [0.25, 0.3) is 27.8 Å². The summed E-state index contributed by atoms with van der Waals surface area (Å²) in [6.07, 6.45) is 13.4. The van der Waals surface area contributed by atoms with Crippen molar-refractivity contribution >= 4 is 16.7 Å². The summed E-state index contributed by atoms with van der Waals surface area (Å²) in [7, 11) is 0. The first-order chi connectivity index (χ1) is 13.3. The summed E-state index contributed by atoms with van der Waals surface area (Å²) in [6, 6.07) is 10.8. The van der Waals surface area contributed by atoms with E-state index in [0.717, 1.165) is 37.2 Å². The van der Waals surface area contributed by atoms with Crippen LogP contribution in [0.15, 0.2) is 72.8 Å². The molecule has 0 bridgehead atoms. The average molecular weight is 353 g/mol. The summed E-state index contributed by atoms with van der Waals surface area (Å²) >= 11 is 0. The molecule has 6 rings (SSSR count). The lowest BCUT2D eigenvalue weighted by Gasteiger charge is -2.25. The van der Waals surface area contributed by atoms with Crippen molar-refractivity contribution in [1.29, 1.82) is 0 Å². The van der Waals surface area contributed by atoms with Crippen LogP contribution >= 0.6 is 0 Å². The average Bonchev–Trinajstić information content (AvgIpc) is 3.20. The number of allylic oxidation sites excluding steroid dienone is 3. The van der Waals surface area contributed by atoms with E-state index < -0.39 is 0 Å². The number of rotatable bonds is 2. The molecule has 0 unspecified atom stereocenters. The molecule has 4 aromatic rings. The number of hydrogen-bond acceptors (Lipinski definition) is 3. The molecule has 0 saturated heterocycles. The highest BCUT2D eigenvalue weighted by Gasteiger charge is 2.19. The highest BCUT2D eigenvalue weighted by atomic mass is 15.2. The number of fused-ring (bicyclic) bond motifs is 4. The zero-order valence-electron chi connectivity index (χ0n) is 14.9. The lowest BCUT2D eigenvalue weighted by Crippen LogP contribution is -2.26. The monoisotopic (exact) mass is 353 g/mol. The number of pyridine rings is 1. The van der Waals surface area contributed by atoms with Crippen molar-refractivity contribution in [3.63, 3.8) is 0 Å². The molecule has 0 N–H and O–H groups in total. The Hall–Kier alpha value is -3.34. The van der Waals surface area contributed by atoms with Gasteiger partial charge in [0, 0.05) is 50.3 Å². The van der Waals surface area contributed by atoms with Crippen LogP contribution in [0, 0.1) is 0 Å². The van der Waals surface area contributed by atoms with Gasteiger partial charge in [0.15, 0.2) is 0 Å². The van der Waals surface area contributed by atoms with Gasteiger partial charge in [0.05, 0.1) is 11.0 Å². The third kappa shape index (κ3) is 2.31. The third-order valence-electron chi connectivity index (χ3n) is 5.65. The zero-order valence-corrected chi connectivity index (χ0v) is 14.9. The topological polar surface area (TPSA) is 38.4 Å². The van der Waals surface area contributed by atoms with E-state index in [1.54, 1.807) is 0 Å².